The molecule has 3 nitrogen and oxygen atoms in total. The zero-order valence-corrected chi connectivity index (χ0v) is 9.06. The Morgan fingerprint density at radius 1 is 1.31 bits per heavy atom. The Labute approximate surface area is 94.9 Å². The van der Waals surface area contributed by atoms with Crippen molar-refractivity contribution in [2.75, 3.05) is 6.54 Å². The number of carbonyl (C=O) groups excluding carboxylic acids is 2. The van der Waals surface area contributed by atoms with Gasteiger partial charge in [-0.2, -0.15) is 0 Å². The molecule has 0 aliphatic carbocycles. The van der Waals surface area contributed by atoms with E-state index in [1.165, 1.54) is 5.56 Å². The minimum atomic E-state index is -0.333. The third-order valence-corrected chi connectivity index (χ3v) is 3.13. The number of carbonyl (C=O) groups is 2. The fourth-order valence-corrected chi connectivity index (χ4v) is 2.24. The van der Waals surface area contributed by atoms with E-state index in [0.29, 0.717) is 12.2 Å². The smallest absolute Gasteiger partial charge is 0.212 e. The van der Waals surface area contributed by atoms with Gasteiger partial charge in [0.25, 0.3) is 0 Å². The summed E-state index contributed by atoms with van der Waals surface area (Å²) in [5.41, 5.74) is 1.26. The number of Topliss-reactive ketones (excluding diaryl/α,β-unsaturated/α-hetero) is 1. The highest BCUT2D eigenvalue weighted by atomic mass is 16.2. The SMILES string of the molecule is O=CC(=O)C1CC(c2ccccc2)CCN1. The molecule has 0 amide bonds. The summed E-state index contributed by atoms with van der Waals surface area (Å²) in [6.45, 7) is 0.795. The van der Waals surface area contributed by atoms with Crippen LogP contribution in [0.4, 0.5) is 0 Å². The van der Waals surface area contributed by atoms with Crippen LogP contribution < -0.4 is 5.32 Å². The molecule has 1 aromatic rings. The molecule has 2 atom stereocenters. The number of nitrogens with one attached hydrogen (secondary N) is 1. The van der Waals surface area contributed by atoms with Crippen molar-refractivity contribution >= 4 is 12.1 Å². The van der Waals surface area contributed by atoms with Gasteiger partial charge >= 0.3 is 0 Å². The maximum Gasteiger partial charge on any atom is 0.212 e. The predicted octanol–water partition coefficient (Wildman–Crippen LogP) is 1.29. The first kappa shape index (κ1) is 11.0. The van der Waals surface area contributed by atoms with E-state index in [4.69, 9.17) is 0 Å². The molecule has 0 aromatic heterocycles. The summed E-state index contributed by atoms with van der Waals surface area (Å²) in [5, 5.41) is 3.09. The Balaban J connectivity index is 2.07. The number of piperidine rings is 1. The topological polar surface area (TPSA) is 46.2 Å². The molecule has 0 spiro atoms. The Hall–Kier alpha value is -1.48. The second-order valence-electron chi connectivity index (χ2n) is 4.16. The first-order chi connectivity index (χ1) is 7.81. The minimum absolute atomic E-state index is 0.295. The van der Waals surface area contributed by atoms with Gasteiger partial charge in [-0.25, -0.2) is 0 Å². The highest BCUT2D eigenvalue weighted by Gasteiger charge is 2.26. The molecular weight excluding hydrogens is 202 g/mol. The molecular formula is C13H15NO2. The molecule has 16 heavy (non-hydrogen) atoms. The molecule has 1 aliphatic heterocycles. The van der Waals surface area contributed by atoms with E-state index in [1.807, 2.05) is 18.2 Å². The lowest BCUT2D eigenvalue weighted by Crippen LogP contribution is -2.43. The Bertz CT molecular complexity index is 375. The molecule has 1 fully saturated rings. The van der Waals surface area contributed by atoms with Gasteiger partial charge in [0.15, 0.2) is 6.29 Å². The van der Waals surface area contributed by atoms with Gasteiger partial charge in [-0.15, -0.1) is 0 Å². The maximum absolute atomic E-state index is 11.3. The predicted molar refractivity (Wildman–Crippen MR) is 61.3 cm³/mol. The van der Waals surface area contributed by atoms with E-state index in [9.17, 15) is 9.59 Å². The van der Waals surface area contributed by atoms with Gasteiger partial charge < -0.3 is 5.32 Å². The molecule has 0 radical (unpaired) electrons. The van der Waals surface area contributed by atoms with Gasteiger partial charge in [-0.05, 0) is 30.9 Å². The van der Waals surface area contributed by atoms with E-state index in [-0.39, 0.29) is 11.8 Å². The molecule has 2 unspecified atom stereocenters. The molecule has 1 saturated heterocycles. The number of ketones is 1. The number of aldehydes is 1. The number of hydrogen-bond acceptors (Lipinski definition) is 3. The standard InChI is InChI=1S/C13H15NO2/c15-9-13(16)12-8-11(6-7-14-12)10-4-2-1-3-5-10/h1-5,9,11-12,14H,6-8H2. The third kappa shape index (κ3) is 2.36. The van der Waals surface area contributed by atoms with E-state index in [2.05, 4.69) is 17.4 Å². The van der Waals surface area contributed by atoms with Crippen molar-refractivity contribution in [3.63, 3.8) is 0 Å². The normalized spacial score (nSPS) is 25.0. The first-order valence-electron chi connectivity index (χ1n) is 5.58. The van der Waals surface area contributed by atoms with Crippen molar-refractivity contribution in [3.8, 4) is 0 Å². The fraction of sp³-hybridized carbons (Fsp3) is 0.385. The molecule has 0 saturated carbocycles. The summed E-state index contributed by atoms with van der Waals surface area (Å²) in [6.07, 6.45) is 2.17. The van der Waals surface area contributed by atoms with Gasteiger partial charge in [-0.1, -0.05) is 30.3 Å². The van der Waals surface area contributed by atoms with Crippen LogP contribution in [-0.4, -0.2) is 24.7 Å². The second kappa shape index (κ2) is 5.03. The largest absolute Gasteiger partial charge is 0.307 e. The highest BCUT2D eigenvalue weighted by Crippen LogP contribution is 2.27. The zero-order chi connectivity index (χ0) is 11.4. The quantitative estimate of drug-likeness (QED) is 0.613. The van der Waals surface area contributed by atoms with Crippen LogP contribution >= 0.6 is 0 Å². The molecule has 1 heterocycles. The zero-order valence-electron chi connectivity index (χ0n) is 9.06. The van der Waals surface area contributed by atoms with Crippen molar-refractivity contribution < 1.29 is 9.59 Å². The van der Waals surface area contributed by atoms with Crippen LogP contribution in [0.5, 0.6) is 0 Å². The summed E-state index contributed by atoms with van der Waals surface area (Å²) in [4.78, 5) is 21.8. The fourth-order valence-electron chi connectivity index (χ4n) is 2.24. The Kier molecular flexibility index (Phi) is 3.47. The number of benzene rings is 1. The number of rotatable bonds is 3. The van der Waals surface area contributed by atoms with Crippen LogP contribution in [0, 0.1) is 0 Å². The lowest BCUT2D eigenvalue weighted by atomic mass is 9.85. The van der Waals surface area contributed by atoms with E-state index < -0.39 is 0 Å². The summed E-state index contributed by atoms with van der Waals surface area (Å²) in [5.74, 6) is 0.0528. The van der Waals surface area contributed by atoms with E-state index in [0.717, 1.165) is 19.4 Å². The van der Waals surface area contributed by atoms with Crippen LogP contribution in [-0.2, 0) is 9.59 Å². The lowest BCUT2D eigenvalue weighted by Gasteiger charge is -2.28. The Morgan fingerprint density at radius 3 is 2.75 bits per heavy atom. The molecule has 1 N–H and O–H groups in total. The van der Waals surface area contributed by atoms with Crippen LogP contribution in [0.25, 0.3) is 0 Å². The van der Waals surface area contributed by atoms with Crippen molar-refractivity contribution in [2.24, 2.45) is 0 Å². The average Bonchev–Trinajstić information content (AvgIpc) is 2.39. The summed E-state index contributed by atoms with van der Waals surface area (Å²) < 4.78 is 0. The number of hydrogen-bond donors (Lipinski definition) is 1. The van der Waals surface area contributed by atoms with Gasteiger partial charge in [0, 0.05) is 0 Å². The third-order valence-electron chi connectivity index (χ3n) is 3.13. The van der Waals surface area contributed by atoms with Crippen LogP contribution in [0.2, 0.25) is 0 Å². The van der Waals surface area contributed by atoms with Crippen LogP contribution in [0.15, 0.2) is 30.3 Å². The summed E-state index contributed by atoms with van der Waals surface area (Å²) in [7, 11) is 0. The molecule has 2 rings (SSSR count). The highest BCUT2D eigenvalue weighted by molar-refractivity contribution is 6.27. The van der Waals surface area contributed by atoms with Crippen molar-refractivity contribution in [1.29, 1.82) is 0 Å². The van der Waals surface area contributed by atoms with Crippen molar-refractivity contribution in [2.45, 2.75) is 24.8 Å². The second-order valence-corrected chi connectivity index (χ2v) is 4.16. The monoisotopic (exact) mass is 217 g/mol. The molecule has 84 valence electrons. The average molecular weight is 217 g/mol. The first-order valence-corrected chi connectivity index (χ1v) is 5.58. The van der Waals surface area contributed by atoms with Crippen LogP contribution in [0.3, 0.4) is 0 Å². The van der Waals surface area contributed by atoms with Gasteiger partial charge in [0.05, 0.1) is 6.04 Å². The Morgan fingerprint density at radius 2 is 2.06 bits per heavy atom. The lowest BCUT2D eigenvalue weighted by molar-refractivity contribution is -0.131. The van der Waals surface area contributed by atoms with E-state index in [1.54, 1.807) is 0 Å². The van der Waals surface area contributed by atoms with Gasteiger partial charge in [-0.3, -0.25) is 9.59 Å². The van der Waals surface area contributed by atoms with Crippen molar-refractivity contribution in [1.82, 2.24) is 5.32 Å². The van der Waals surface area contributed by atoms with E-state index >= 15 is 0 Å². The summed E-state index contributed by atoms with van der Waals surface area (Å²) in [6, 6.07) is 9.87. The van der Waals surface area contributed by atoms with Crippen molar-refractivity contribution in [3.05, 3.63) is 35.9 Å². The molecule has 0 bridgehead atoms. The minimum Gasteiger partial charge on any atom is -0.307 e. The molecule has 3 heteroatoms. The molecule has 1 aromatic carbocycles. The maximum atomic E-state index is 11.3. The van der Waals surface area contributed by atoms with Crippen LogP contribution in [0.1, 0.15) is 24.3 Å². The molecule has 1 aliphatic rings. The summed E-state index contributed by atoms with van der Waals surface area (Å²) >= 11 is 0. The van der Waals surface area contributed by atoms with Gasteiger partial charge in [0.2, 0.25) is 5.78 Å². The van der Waals surface area contributed by atoms with Gasteiger partial charge in [0.1, 0.15) is 0 Å².